The SMILES string of the molecule is CC(NC(=O)c1nc(-c2cc(Cl)ccn2)[nH]c(=O)c1O)C1CCCCC1. The van der Waals surface area contributed by atoms with E-state index >= 15 is 0 Å². The zero-order valence-corrected chi connectivity index (χ0v) is 15.2. The molecule has 7 nitrogen and oxygen atoms in total. The Bertz CT molecular complexity index is 862. The van der Waals surface area contributed by atoms with Crippen LogP contribution < -0.4 is 10.9 Å². The van der Waals surface area contributed by atoms with Crippen molar-refractivity contribution in [3.05, 3.63) is 39.4 Å². The molecule has 138 valence electrons. The van der Waals surface area contributed by atoms with Crippen LogP contribution in [-0.4, -0.2) is 32.0 Å². The van der Waals surface area contributed by atoms with Gasteiger partial charge in [0.1, 0.15) is 5.69 Å². The third kappa shape index (κ3) is 4.04. The van der Waals surface area contributed by atoms with Crippen LogP contribution >= 0.6 is 11.6 Å². The molecule has 2 aromatic heterocycles. The van der Waals surface area contributed by atoms with Gasteiger partial charge in [-0.05, 0) is 37.8 Å². The Morgan fingerprint density at radius 1 is 1.38 bits per heavy atom. The summed E-state index contributed by atoms with van der Waals surface area (Å²) in [5.41, 5.74) is -0.801. The fraction of sp³-hybridized carbons (Fsp3) is 0.444. The summed E-state index contributed by atoms with van der Waals surface area (Å²) in [5.74, 6) is -0.809. The Hall–Kier alpha value is -2.41. The maximum absolute atomic E-state index is 12.6. The molecular weight excluding hydrogens is 356 g/mol. The third-order valence-electron chi connectivity index (χ3n) is 4.79. The van der Waals surface area contributed by atoms with E-state index in [4.69, 9.17) is 11.6 Å². The molecule has 1 unspecified atom stereocenters. The molecule has 26 heavy (non-hydrogen) atoms. The van der Waals surface area contributed by atoms with Gasteiger partial charge in [0.15, 0.2) is 11.5 Å². The quantitative estimate of drug-likeness (QED) is 0.760. The van der Waals surface area contributed by atoms with Gasteiger partial charge in [0.05, 0.1) is 0 Å². The summed E-state index contributed by atoms with van der Waals surface area (Å²) in [6, 6.07) is 3.04. The van der Waals surface area contributed by atoms with E-state index in [2.05, 4.69) is 20.3 Å². The molecule has 2 aromatic rings. The molecule has 3 rings (SSSR count). The van der Waals surface area contributed by atoms with Gasteiger partial charge < -0.3 is 15.4 Å². The fourth-order valence-electron chi connectivity index (χ4n) is 3.31. The fourth-order valence-corrected chi connectivity index (χ4v) is 3.47. The van der Waals surface area contributed by atoms with E-state index < -0.39 is 17.2 Å². The number of hydrogen-bond acceptors (Lipinski definition) is 5. The number of aromatic nitrogens is 3. The van der Waals surface area contributed by atoms with Crippen LogP contribution in [0.5, 0.6) is 5.75 Å². The van der Waals surface area contributed by atoms with Crippen molar-refractivity contribution < 1.29 is 9.90 Å². The molecule has 1 amide bonds. The largest absolute Gasteiger partial charge is 0.501 e. The Balaban J connectivity index is 1.86. The first-order chi connectivity index (χ1) is 12.5. The molecule has 1 aliphatic carbocycles. The van der Waals surface area contributed by atoms with E-state index in [0.29, 0.717) is 16.6 Å². The topological polar surface area (TPSA) is 108 Å². The minimum Gasteiger partial charge on any atom is -0.501 e. The van der Waals surface area contributed by atoms with Gasteiger partial charge in [0, 0.05) is 17.3 Å². The maximum atomic E-state index is 12.6. The van der Waals surface area contributed by atoms with Crippen LogP contribution in [0.1, 0.15) is 49.5 Å². The number of hydrogen-bond donors (Lipinski definition) is 3. The molecule has 0 aliphatic heterocycles. The minimum absolute atomic E-state index is 0.0592. The molecular formula is C18H21ClN4O3. The summed E-state index contributed by atoms with van der Waals surface area (Å²) in [4.78, 5) is 35.2. The summed E-state index contributed by atoms with van der Waals surface area (Å²) in [5, 5.41) is 13.3. The molecule has 3 N–H and O–H groups in total. The van der Waals surface area contributed by atoms with Crippen LogP contribution in [0.3, 0.4) is 0 Å². The highest BCUT2D eigenvalue weighted by Gasteiger charge is 2.25. The number of carbonyl (C=O) groups excluding carboxylic acids is 1. The van der Waals surface area contributed by atoms with E-state index in [9.17, 15) is 14.7 Å². The van der Waals surface area contributed by atoms with Crippen molar-refractivity contribution in [2.75, 3.05) is 0 Å². The highest BCUT2D eigenvalue weighted by atomic mass is 35.5. The number of aromatic hydroxyl groups is 1. The molecule has 1 fully saturated rings. The highest BCUT2D eigenvalue weighted by molar-refractivity contribution is 6.30. The van der Waals surface area contributed by atoms with Gasteiger partial charge in [-0.25, -0.2) is 4.98 Å². The molecule has 2 heterocycles. The zero-order chi connectivity index (χ0) is 18.7. The van der Waals surface area contributed by atoms with Gasteiger partial charge in [0.2, 0.25) is 5.75 Å². The van der Waals surface area contributed by atoms with Crippen LogP contribution in [0.25, 0.3) is 11.5 Å². The van der Waals surface area contributed by atoms with Gasteiger partial charge in [-0.15, -0.1) is 0 Å². The highest BCUT2D eigenvalue weighted by Crippen LogP contribution is 2.26. The number of pyridine rings is 1. The van der Waals surface area contributed by atoms with Crippen LogP contribution in [-0.2, 0) is 0 Å². The molecule has 8 heteroatoms. The summed E-state index contributed by atoms with van der Waals surface area (Å²) in [6.45, 7) is 1.94. The second kappa shape index (κ2) is 7.86. The van der Waals surface area contributed by atoms with Gasteiger partial charge in [-0.1, -0.05) is 30.9 Å². The van der Waals surface area contributed by atoms with E-state index in [-0.39, 0.29) is 17.6 Å². The van der Waals surface area contributed by atoms with Gasteiger partial charge in [0.25, 0.3) is 11.5 Å². The van der Waals surface area contributed by atoms with Crippen molar-refractivity contribution in [1.29, 1.82) is 0 Å². The lowest BCUT2D eigenvalue weighted by molar-refractivity contribution is 0.0911. The second-order valence-electron chi connectivity index (χ2n) is 6.63. The van der Waals surface area contributed by atoms with Crippen LogP contribution in [0.15, 0.2) is 23.1 Å². The molecule has 1 saturated carbocycles. The number of rotatable bonds is 4. The predicted molar refractivity (Wildman–Crippen MR) is 98.3 cm³/mol. The summed E-state index contributed by atoms with van der Waals surface area (Å²) < 4.78 is 0. The van der Waals surface area contributed by atoms with Crippen LogP contribution in [0, 0.1) is 5.92 Å². The Kier molecular flexibility index (Phi) is 5.56. The Morgan fingerprint density at radius 3 is 2.81 bits per heavy atom. The number of nitrogens with zero attached hydrogens (tertiary/aromatic N) is 2. The van der Waals surface area contributed by atoms with Crippen LogP contribution in [0.2, 0.25) is 5.02 Å². The molecule has 0 spiro atoms. The predicted octanol–water partition coefficient (Wildman–Crippen LogP) is 2.89. The lowest BCUT2D eigenvalue weighted by Gasteiger charge is -2.28. The van der Waals surface area contributed by atoms with Gasteiger partial charge in [-0.2, -0.15) is 0 Å². The Morgan fingerprint density at radius 2 is 2.12 bits per heavy atom. The maximum Gasteiger partial charge on any atom is 0.294 e. The number of carbonyl (C=O) groups is 1. The van der Waals surface area contributed by atoms with E-state index in [0.717, 1.165) is 25.7 Å². The average Bonchev–Trinajstić information content (AvgIpc) is 2.64. The summed E-state index contributed by atoms with van der Waals surface area (Å²) >= 11 is 5.93. The first-order valence-electron chi connectivity index (χ1n) is 8.72. The van der Waals surface area contributed by atoms with Crippen molar-refractivity contribution >= 4 is 17.5 Å². The van der Waals surface area contributed by atoms with Crippen molar-refractivity contribution in [3.8, 4) is 17.3 Å². The Labute approximate surface area is 155 Å². The standard InChI is InChI=1S/C18H21ClN4O3/c1-10(11-5-3-2-4-6-11)21-17(25)14-15(24)18(26)23-16(22-14)13-9-12(19)7-8-20-13/h7-11,24H,2-6H2,1H3,(H,21,25)(H,22,23,26). The second-order valence-corrected chi connectivity index (χ2v) is 7.07. The molecule has 0 saturated heterocycles. The normalized spacial score (nSPS) is 16.2. The van der Waals surface area contributed by atoms with Crippen molar-refractivity contribution in [2.45, 2.75) is 45.1 Å². The van der Waals surface area contributed by atoms with Gasteiger partial charge in [-0.3, -0.25) is 14.6 Å². The average molecular weight is 377 g/mol. The number of H-pyrrole nitrogens is 1. The monoisotopic (exact) mass is 376 g/mol. The molecule has 0 aromatic carbocycles. The van der Waals surface area contributed by atoms with Crippen LogP contribution in [0.4, 0.5) is 0 Å². The molecule has 0 radical (unpaired) electrons. The van der Waals surface area contributed by atoms with E-state index in [1.54, 1.807) is 6.07 Å². The van der Waals surface area contributed by atoms with Crippen molar-refractivity contribution in [3.63, 3.8) is 0 Å². The number of halogens is 1. The molecule has 1 atom stereocenters. The van der Waals surface area contributed by atoms with Crippen molar-refractivity contribution in [1.82, 2.24) is 20.3 Å². The molecule has 1 aliphatic rings. The molecule has 0 bridgehead atoms. The first kappa shape index (κ1) is 18.4. The van der Waals surface area contributed by atoms with E-state index in [1.807, 2.05) is 6.92 Å². The lowest BCUT2D eigenvalue weighted by Crippen LogP contribution is -2.39. The lowest BCUT2D eigenvalue weighted by atomic mass is 9.84. The summed E-state index contributed by atoms with van der Waals surface area (Å²) in [7, 11) is 0. The van der Waals surface area contributed by atoms with Gasteiger partial charge >= 0.3 is 0 Å². The number of aromatic amines is 1. The minimum atomic E-state index is -0.799. The van der Waals surface area contributed by atoms with Crippen molar-refractivity contribution in [2.24, 2.45) is 5.92 Å². The zero-order valence-electron chi connectivity index (χ0n) is 14.5. The summed E-state index contributed by atoms with van der Waals surface area (Å²) in [6.07, 6.45) is 7.13. The number of amides is 1. The number of nitrogens with one attached hydrogen (secondary N) is 2. The van der Waals surface area contributed by atoms with E-state index in [1.165, 1.54) is 18.7 Å². The first-order valence-corrected chi connectivity index (χ1v) is 9.09. The third-order valence-corrected chi connectivity index (χ3v) is 5.03. The smallest absolute Gasteiger partial charge is 0.294 e.